The van der Waals surface area contributed by atoms with Gasteiger partial charge in [-0.2, -0.15) is 0 Å². The number of phenols is 1. The number of carbonyl (C=O) groups is 1. The fraction of sp³-hybridized carbons (Fsp3) is 0.188. The van der Waals surface area contributed by atoms with Gasteiger partial charge in [0, 0.05) is 17.7 Å². The molecule has 1 heterocycles. The molecule has 0 spiro atoms. The Balaban J connectivity index is 1.80. The average molecular weight is 269 g/mol. The summed E-state index contributed by atoms with van der Waals surface area (Å²) in [7, 11) is 0. The summed E-state index contributed by atoms with van der Waals surface area (Å²) < 4.78 is 5.42. The van der Waals surface area contributed by atoms with Crippen LogP contribution in [0.4, 0.5) is 5.69 Å². The van der Waals surface area contributed by atoms with Crippen LogP contribution in [-0.4, -0.2) is 17.6 Å². The summed E-state index contributed by atoms with van der Waals surface area (Å²) in [4.78, 5) is 12.2. The molecule has 2 N–H and O–H groups in total. The number of rotatable bonds is 2. The van der Waals surface area contributed by atoms with Crippen molar-refractivity contribution >= 4 is 11.6 Å². The number of amides is 1. The van der Waals surface area contributed by atoms with Gasteiger partial charge in [0.25, 0.3) is 5.91 Å². The summed E-state index contributed by atoms with van der Waals surface area (Å²) in [5.41, 5.74) is 3.08. The van der Waals surface area contributed by atoms with Crippen molar-refractivity contribution in [1.82, 2.24) is 0 Å². The number of fused-ring (bicyclic) bond motifs is 1. The van der Waals surface area contributed by atoms with Gasteiger partial charge >= 0.3 is 0 Å². The van der Waals surface area contributed by atoms with Gasteiger partial charge in [-0.1, -0.05) is 0 Å². The first-order chi connectivity index (χ1) is 9.63. The lowest BCUT2D eigenvalue weighted by Crippen LogP contribution is -2.12. The van der Waals surface area contributed by atoms with Crippen LogP contribution in [0.3, 0.4) is 0 Å². The van der Waals surface area contributed by atoms with E-state index < -0.39 is 0 Å². The van der Waals surface area contributed by atoms with E-state index in [1.165, 1.54) is 0 Å². The van der Waals surface area contributed by atoms with Gasteiger partial charge in [0.05, 0.1) is 6.61 Å². The zero-order chi connectivity index (χ0) is 14.1. The highest BCUT2D eigenvalue weighted by Crippen LogP contribution is 2.26. The SMILES string of the molecule is Cc1cc(NC(=O)c2ccc3c(c2)CCO3)ccc1O. The molecular formula is C16H15NO3. The number of anilines is 1. The molecule has 102 valence electrons. The molecule has 1 aliphatic rings. The Kier molecular flexibility index (Phi) is 3.06. The van der Waals surface area contributed by atoms with Crippen LogP contribution in [0, 0.1) is 6.92 Å². The second-order valence-corrected chi connectivity index (χ2v) is 4.88. The van der Waals surface area contributed by atoms with E-state index in [1.54, 1.807) is 31.2 Å². The zero-order valence-electron chi connectivity index (χ0n) is 11.1. The van der Waals surface area contributed by atoms with Crippen LogP contribution in [-0.2, 0) is 6.42 Å². The van der Waals surface area contributed by atoms with Crippen LogP contribution >= 0.6 is 0 Å². The summed E-state index contributed by atoms with van der Waals surface area (Å²) in [6, 6.07) is 10.4. The second-order valence-electron chi connectivity index (χ2n) is 4.88. The summed E-state index contributed by atoms with van der Waals surface area (Å²) in [6.45, 7) is 2.47. The molecule has 0 aliphatic carbocycles. The average Bonchev–Trinajstić information content (AvgIpc) is 2.90. The van der Waals surface area contributed by atoms with Crippen molar-refractivity contribution in [2.45, 2.75) is 13.3 Å². The van der Waals surface area contributed by atoms with Gasteiger partial charge in [0.15, 0.2) is 0 Å². The number of ether oxygens (including phenoxy) is 1. The second kappa shape index (κ2) is 4.89. The van der Waals surface area contributed by atoms with E-state index in [0.717, 1.165) is 23.3 Å². The van der Waals surface area contributed by atoms with Gasteiger partial charge in [-0.3, -0.25) is 4.79 Å². The van der Waals surface area contributed by atoms with Crippen molar-refractivity contribution < 1.29 is 14.6 Å². The van der Waals surface area contributed by atoms with Gasteiger partial charge in [0.1, 0.15) is 11.5 Å². The van der Waals surface area contributed by atoms with Gasteiger partial charge in [-0.25, -0.2) is 0 Å². The lowest BCUT2D eigenvalue weighted by molar-refractivity contribution is 0.102. The first kappa shape index (κ1) is 12.5. The third-order valence-corrected chi connectivity index (χ3v) is 3.41. The number of aryl methyl sites for hydroxylation is 1. The van der Waals surface area contributed by atoms with Crippen molar-refractivity contribution in [2.24, 2.45) is 0 Å². The fourth-order valence-electron chi connectivity index (χ4n) is 2.26. The van der Waals surface area contributed by atoms with E-state index in [2.05, 4.69) is 5.32 Å². The Morgan fingerprint density at radius 2 is 2.10 bits per heavy atom. The number of aromatic hydroxyl groups is 1. The molecule has 0 bridgehead atoms. The molecule has 0 saturated heterocycles. The van der Waals surface area contributed by atoms with Crippen molar-refractivity contribution in [2.75, 3.05) is 11.9 Å². The van der Waals surface area contributed by atoms with Crippen LogP contribution in [0.1, 0.15) is 21.5 Å². The molecule has 2 aromatic rings. The molecule has 2 aromatic carbocycles. The lowest BCUT2D eigenvalue weighted by Gasteiger charge is -2.08. The molecular weight excluding hydrogens is 254 g/mol. The quantitative estimate of drug-likeness (QED) is 0.824. The number of carbonyl (C=O) groups excluding carboxylic acids is 1. The summed E-state index contributed by atoms with van der Waals surface area (Å²) >= 11 is 0. The Labute approximate surface area is 117 Å². The molecule has 0 saturated carbocycles. The molecule has 0 atom stereocenters. The van der Waals surface area contributed by atoms with Crippen LogP contribution in [0.2, 0.25) is 0 Å². The van der Waals surface area contributed by atoms with Gasteiger partial charge in [-0.15, -0.1) is 0 Å². The standard InChI is InChI=1S/C16H15NO3/c1-10-8-13(3-4-14(10)18)17-16(19)12-2-5-15-11(9-12)6-7-20-15/h2-5,8-9,18H,6-7H2,1H3,(H,17,19). The minimum atomic E-state index is -0.162. The normalized spacial score (nSPS) is 12.7. The third-order valence-electron chi connectivity index (χ3n) is 3.41. The molecule has 0 fully saturated rings. The largest absolute Gasteiger partial charge is 0.508 e. The lowest BCUT2D eigenvalue weighted by atomic mass is 10.1. The molecule has 3 rings (SSSR count). The van der Waals surface area contributed by atoms with Crippen LogP contribution < -0.4 is 10.1 Å². The van der Waals surface area contributed by atoms with Crippen molar-refractivity contribution in [1.29, 1.82) is 0 Å². The molecule has 4 heteroatoms. The summed E-state index contributed by atoms with van der Waals surface area (Å²) in [6.07, 6.45) is 0.842. The smallest absolute Gasteiger partial charge is 0.255 e. The summed E-state index contributed by atoms with van der Waals surface area (Å²) in [5.74, 6) is 0.921. The van der Waals surface area contributed by atoms with E-state index in [-0.39, 0.29) is 11.7 Å². The Morgan fingerprint density at radius 1 is 1.25 bits per heavy atom. The molecule has 0 unspecified atom stereocenters. The number of hydrogen-bond acceptors (Lipinski definition) is 3. The van der Waals surface area contributed by atoms with Crippen LogP contribution in [0.5, 0.6) is 11.5 Å². The first-order valence-electron chi connectivity index (χ1n) is 6.50. The van der Waals surface area contributed by atoms with Crippen molar-refractivity contribution in [3.63, 3.8) is 0 Å². The predicted octanol–water partition coefficient (Wildman–Crippen LogP) is 2.89. The van der Waals surface area contributed by atoms with Crippen molar-refractivity contribution in [3.8, 4) is 11.5 Å². The van der Waals surface area contributed by atoms with E-state index in [9.17, 15) is 9.90 Å². The zero-order valence-corrected chi connectivity index (χ0v) is 11.1. The molecule has 1 aliphatic heterocycles. The van der Waals surface area contributed by atoms with Gasteiger partial charge < -0.3 is 15.2 Å². The molecule has 1 amide bonds. The maximum absolute atomic E-state index is 12.2. The molecule has 0 aromatic heterocycles. The molecule has 20 heavy (non-hydrogen) atoms. The number of hydrogen-bond donors (Lipinski definition) is 2. The maximum Gasteiger partial charge on any atom is 0.255 e. The minimum absolute atomic E-state index is 0.162. The van der Waals surface area contributed by atoms with Crippen molar-refractivity contribution in [3.05, 3.63) is 53.1 Å². The van der Waals surface area contributed by atoms with E-state index in [4.69, 9.17) is 4.74 Å². The molecule has 4 nitrogen and oxygen atoms in total. The molecule has 0 radical (unpaired) electrons. The highest BCUT2D eigenvalue weighted by Gasteiger charge is 2.15. The van der Waals surface area contributed by atoms with E-state index in [0.29, 0.717) is 17.9 Å². The minimum Gasteiger partial charge on any atom is -0.508 e. The topological polar surface area (TPSA) is 58.6 Å². The number of phenolic OH excluding ortho intramolecular Hbond substituents is 1. The maximum atomic E-state index is 12.2. The highest BCUT2D eigenvalue weighted by molar-refractivity contribution is 6.04. The van der Waals surface area contributed by atoms with E-state index in [1.807, 2.05) is 12.1 Å². The first-order valence-corrected chi connectivity index (χ1v) is 6.50. The van der Waals surface area contributed by atoms with Crippen LogP contribution in [0.25, 0.3) is 0 Å². The Morgan fingerprint density at radius 3 is 2.90 bits per heavy atom. The fourth-order valence-corrected chi connectivity index (χ4v) is 2.26. The van der Waals surface area contributed by atoms with E-state index >= 15 is 0 Å². The Bertz CT molecular complexity index is 679. The third kappa shape index (κ3) is 2.32. The van der Waals surface area contributed by atoms with Crippen LogP contribution in [0.15, 0.2) is 36.4 Å². The summed E-state index contributed by atoms with van der Waals surface area (Å²) in [5, 5.41) is 12.3. The van der Waals surface area contributed by atoms with Gasteiger partial charge in [-0.05, 0) is 54.4 Å². The number of benzene rings is 2. The number of nitrogens with one attached hydrogen (secondary N) is 1. The predicted molar refractivity (Wildman–Crippen MR) is 76.4 cm³/mol. The Hall–Kier alpha value is -2.49. The highest BCUT2D eigenvalue weighted by atomic mass is 16.5. The monoisotopic (exact) mass is 269 g/mol. The van der Waals surface area contributed by atoms with Gasteiger partial charge in [0.2, 0.25) is 0 Å².